The van der Waals surface area contributed by atoms with E-state index in [-0.39, 0.29) is 12.0 Å². The van der Waals surface area contributed by atoms with Gasteiger partial charge in [0.25, 0.3) is 5.91 Å². The van der Waals surface area contributed by atoms with E-state index >= 15 is 0 Å². The van der Waals surface area contributed by atoms with Crippen LogP contribution in [0.5, 0.6) is 5.75 Å². The number of alkyl halides is 1. The molecule has 1 aromatic carbocycles. The van der Waals surface area contributed by atoms with Gasteiger partial charge < -0.3 is 24.7 Å². The lowest BCUT2D eigenvalue weighted by Gasteiger charge is -2.32. The first-order valence-electron chi connectivity index (χ1n) is 11.2. The number of carbonyl (C=O) groups excluding carboxylic acids is 1. The molecule has 1 amide bonds. The smallest absolute Gasteiger partial charge is 0.253 e. The van der Waals surface area contributed by atoms with E-state index in [0.717, 1.165) is 61.8 Å². The first-order valence-corrected chi connectivity index (χ1v) is 11.2. The lowest BCUT2D eigenvalue weighted by atomic mass is 9.89. The molecule has 0 saturated carbocycles. The third-order valence-electron chi connectivity index (χ3n) is 6.23. The van der Waals surface area contributed by atoms with E-state index in [1.165, 1.54) is 5.56 Å². The Labute approximate surface area is 192 Å². The number of aromatic amines is 1. The molecule has 2 aromatic heterocycles. The van der Waals surface area contributed by atoms with Gasteiger partial charge in [-0.05, 0) is 54.7 Å². The maximum Gasteiger partial charge on any atom is 0.253 e. The molecule has 1 atom stereocenters. The number of hydrogen-bond donors (Lipinski definition) is 2. The maximum absolute atomic E-state index is 12.9. The molecule has 2 aliphatic rings. The van der Waals surface area contributed by atoms with Gasteiger partial charge in [-0.25, -0.2) is 9.97 Å². The van der Waals surface area contributed by atoms with Crippen LogP contribution in [0.3, 0.4) is 0 Å². The minimum atomic E-state index is -0.0697. The molecule has 9 heteroatoms. The van der Waals surface area contributed by atoms with Crippen molar-refractivity contribution in [2.45, 2.75) is 24.9 Å². The Morgan fingerprint density at radius 1 is 1.18 bits per heavy atom. The van der Waals surface area contributed by atoms with Crippen molar-refractivity contribution in [3.05, 3.63) is 53.5 Å². The van der Waals surface area contributed by atoms with Crippen molar-refractivity contribution in [3.63, 3.8) is 0 Å². The van der Waals surface area contributed by atoms with Crippen LogP contribution in [0.1, 0.15) is 46.6 Å². The van der Waals surface area contributed by atoms with E-state index in [9.17, 15) is 9.18 Å². The Morgan fingerprint density at radius 2 is 1.94 bits per heavy atom. The highest BCUT2D eigenvalue weighted by Crippen LogP contribution is 2.33. The number of rotatable bonds is 4. The molecule has 33 heavy (non-hydrogen) atoms. The average molecular weight is 456 g/mol. The number of ether oxygens (including phenoxy) is 2. The van der Waals surface area contributed by atoms with Crippen LogP contribution in [0.2, 0.25) is 0 Å². The van der Waals surface area contributed by atoms with E-state index in [1.807, 2.05) is 35.4 Å². The highest BCUT2D eigenvalue weighted by Gasteiger charge is 2.27. The second-order valence-corrected chi connectivity index (χ2v) is 8.08. The second-order valence-electron chi connectivity index (χ2n) is 8.08. The number of halogens is 1. The Kier molecular flexibility index (Phi) is 7.51. The number of aromatic nitrogens is 3. The molecule has 5 rings (SSSR count). The van der Waals surface area contributed by atoms with E-state index in [0.29, 0.717) is 25.3 Å². The number of nitrogens with zero attached hydrogens (tertiary/aromatic N) is 3. The molecule has 0 spiro atoms. The number of carbonyl (C=O) groups is 1. The van der Waals surface area contributed by atoms with Crippen LogP contribution in [0.4, 0.5) is 4.39 Å². The summed E-state index contributed by atoms with van der Waals surface area (Å²) in [7, 11) is 2.12. The fourth-order valence-electron chi connectivity index (χ4n) is 4.49. The van der Waals surface area contributed by atoms with Crippen molar-refractivity contribution in [1.29, 1.82) is 0 Å². The molecule has 0 radical (unpaired) electrons. The summed E-state index contributed by atoms with van der Waals surface area (Å²) < 4.78 is 20.5. The van der Waals surface area contributed by atoms with Crippen LogP contribution >= 0.6 is 0 Å². The van der Waals surface area contributed by atoms with Gasteiger partial charge in [0.15, 0.2) is 5.65 Å². The van der Waals surface area contributed by atoms with Gasteiger partial charge >= 0.3 is 0 Å². The number of fused-ring (bicyclic) bond motifs is 1. The first kappa shape index (κ1) is 23.1. The number of H-pyrrole nitrogens is 1. The van der Waals surface area contributed by atoms with Gasteiger partial charge in [0.1, 0.15) is 17.7 Å². The molecular formula is C24H30FN5O3. The predicted octanol–water partition coefficient (Wildman–Crippen LogP) is 3.23. The molecule has 2 saturated heterocycles. The molecule has 2 N–H and O–H groups in total. The van der Waals surface area contributed by atoms with Crippen LogP contribution in [0.25, 0.3) is 11.2 Å². The average Bonchev–Trinajstić information content (AvgIpc) is 3.35. The summed E-state index contributed by atoms with van der Waals surface area (Å²) in [6.45, 7) is 3.77. The van der Waals surface area contributed by atoms with Crippen LogP contribution in [0, 0.1) is 0 Å². The Bertz CT molecular complexity index is 1060. The van der Waals surface area contributed by atoms with Gasteiger partial charge in [-0.1, -0.05) is 0 Å². The van der Waals surface area contributed by atoms with Crippen molar-refractivity contribution in [2.24, 2.45) is 0 Å². The third kappa shape index (κ3) is 4.99. The number of likely N-dealkylation sites (tertiary alicyclic amines) is 1. The van der Waals surface area contributed by atoms with E-state index in [1.54, 1.807) is 7.11 Å². The summed E-state index contributed by atoms with van der Waals surface area (Å²) in [5.74, 6) is 2.02. The summed E-state index contributed by atoms with van der Waals surface area (Å²) in [6, 6.07) is 9.39. The minimum Gasteiger partial charge on any atom is -0.497 e. The molecule has 0 bridgehead atoms. The number of benzene rings is 1. The maximum atomic E-state index is 12.9. The van der Waals surface area contributed by atoms with E-state index < -0.39 is 0 Å². The topological polar surface area (TPSA) is 92.4 Å². The predicted molar refractivity (Wildman–Crippen MR) is 123 cm³/mol. The van der Waals surface area contributed by atoms with Crippen LogP contribution in [-0.4, -0.2) is 72.8 Å². The largest absolute Gasteiger partial charge is 0.497 e. The molecular weight excluding hydrogens is 425 g/mol. The quantitative estimate of drug-likeness (QED) is 0.628. The summed E-state index contributed by atoms with van der Waals surface area (Å²) in [6.07, 6.45) is 3.59. The van der Waals surface area contributed by atoms with Crippen molar-refractivity contribution in [1.82, 2.24) is 25.2 Å². The van der Waals surface area contributed by atoms with E-state index in [4.69, 9.17) is 9.47 Å². The lowest BCUT2D eigenvalue weighted by Crippen LogP contribution is -2.37. The number of piperidine rings is 1. The van der Waals surface area contributed by atoms with E-state index in [2.05, 4.69) is 26.3 Å². The van der Waals surface area contributed by atoms with Gasteiger partial charge in [0, 0.05) is 37.9 Å². The number of methoxy groups -OCH3 is 1. The van der Waals surface area contributed by atoms with Gasteiger partial charge in [-0.2, -0.15) is 0 Å². The number of hydrogen-bond acceptors (Lipinski definition) is 6. The Morgan fingerprint density at radius 3 is 2.61 bits per heavy atom. The molecule has 1 unspecified atom stereocenters. The summed E-state index contributed by atoms with van der Waals surface area (Å²) >= 11 is 0. The molecule has 0 aliphatic carbocycles. The summed E-state index contributed by atoms with van der Waals surface area (Å²) in [5, 5.41) is 3.34. The highest BCUT2D eigenvalue weighted by atomic mass is 19.1. The van der Waals surface area contributed by atoms with Gasteiger partial charge in [0.2, 0.25) is 0 Å². The lowest BCUT2D eigenvalue weighted by molar-refractivity contribution is 0.0228. The number of imidazole rings is 1. The van der Waals surface area contributed by atoms with Gasteiger partial charge in [0.05, 0.1) is 26.4 Å². The zero-order valence-electron chi connectivity index (χ0n) is 19.0. The van der Waals surface area contributed by atoms with Crippen LogP contribution < -0.4 is 10.1 Å². The molecule has 176 valence electrons. The van der Waals surface area contributed by atoms with Crippen molar-refractivity contribution in [3.8, 4) is 5.75 Å². The SMILES string of the molecule is CF.COc1ccc(C(=O)N2CCC(c3ccnc4nc(C5CNCCO5)[nH]c34)CC2)cc1. The Balaban J connectivity index is 0.00000126. The monoisotopic (exact) mass is 455 g/mol. The molecule has 3 aromatic rings. The van der Waals surface area contributed by atoms with Crippen molar-refractivity contribution >= 4 is 17.1 Å². The number of pyridine rings is 1. The van der Waals surface area contributed by atoms with Crippen LogP contribution in [0.15, 0.2) is 36.5 Å². The highest BCUT2D eigenvalue weighted by molar-refractivity contribution is 5.94. The fourth-order valence-corrected chi connectivity index (χ4v) is 4.49. The van der Waals surface area contributed by atoms with Crippen LogP contribution in [-0.2, 0) is 4.74 Å². The molecule has 8 nitrogen and oxygen atoms in total. The fraction of sp³-hybridized carbons (Fsp3) is 0.458. The summed E-state index contributed by atoms with van der Waals surface area (Å²) in [5.41, 5.74) is 3.65. The number of morpholine rings is 1. The zero-order valence-corrected chi connectivity index (χ0v) is 19.0. The molecule has 2 aliphatic heterocycles. The number of amides is 1. The van der Waals surface area contributed by atoms with Crippen molar-refractivity contribution in [2.75, 3.05) is 47.1 Å². The normalized spacial score (nSPS) is 19.1. The third-order valence-corrected chi connectivity index (χ3v) is 6.23. The summed E-state index contributed by atoms with van der Waals surface area (Å²) in [4.78, 5) is 27.4. The molecule has 4 heterocycles. The second kappa shape index (κ2) is 10.7. The molecule has 2 fully saturated rings. The van der Waals surface area contributed by atoms with Gasteiger partial charge in [-0.3, -0.25) is 9.18 Å². The minimum absolute atomic E-state index is 0.0697. The van der Waals surface area contributed by atoms with Crippen molar-refractivity contribution < 1.29 is 18.7 Å². The Hall–Kier alpha value is -3.04. The zero-order chi connectivity index (χ0) is 23.2. The standard InChI is InChI=1S/C23H27N5O3.CH3F/c1-30-17-4-2-16(3-5-17)23(29)28-11-7-15(8-12-28)18-6-9-25-22-20(18)26-21(27-22)19-14-24-10-13-31-19;1-2/h2-6,9,15,19,24H,7-8,10-14H2,1H3,(H,25,26,27);1H3. The van der Waals surface area contributed by atoms with Gasteiger partial charge in [-0.15, -0.1) is 0 Å². The number of nitrogens with one attached hydrogen (secondary N) is 2. The first-order chi connectivity index (χ1) is 16.2.